The first kappa shape index (κ1) is 13.5. The van der Waals surface area contributed by atoms with Crippen LogP contribution in [0.2, 0.25) is 5.02 Å². The zero-order chi connectivity index (χ0) is 13.8. The molecule has 0 aliphatic heterocycles. The molecule has 2 rings (SSSR count). The summed E-state index contributed by atoms with van der Waals surface area (Å²) in [5.41, 5.74) is 1.49. The van der Waals surface area contributed by atoms with Gasteiger partial charge < -0.3 is 4.90 Å². The number of aryl methyl sites for hydroxylation is 1. The molecule has 0 aromatic carbocycles. The highest BCUT2D eigenvalue weighted by molar-refractivity contribution is 6.30. The summed E-state index contributed by atoms with van der Waals surface area (Å²) in [7, 11) is 1.85. The van der Waals surface area contributed by atoms with Crippen molar-refractivity contribution in [2.24, 2.45) is 7.05 Å². The summed E-state index contributed by atoms with van der Waals surface area (Å²) in [5.74, 6) is -0.0821. The third-order valence-corrected chi connectivity index (χ3v) is 2.96. The average molecular weight is 279 g/mol. The molecule has 0 aliphatic rings. The zero-order valence-corrected chi connectivity index (χ0v) is 11.6. The fourth-order valence-electron chi connectivity index (χ4n) is 1.81. The highest BCUT2D eigenvalue weighted by atomic mass is 35.5. The summed E-state index contributed by atoms with van der Waals surface area (Å²) in [6, 6.07) is 1.63. The van der Waals surface area contributed by atoms with E-state index in [9.17, 15) is 4.79 Å². The Morgan fingerprint density at radius 2 is 2.21 bits per heavy atom. The SMILES string of the molecule is CCN(Cc1cnn(C)c1)C(=O)c1cncc(Cl)c1. The molecule has 2 aromatic rings. The second-order valence-corrected chi connectivity index (χ2v) is 4.67. The molecule has 100 valence electrons. The first-order valence-electron chi connectivity index (χ1n) is 5.97. The Balaban J connectivity index is 2.15. The molecule has 19 heavy (non-hydrogen) atoms. The van der Waals surface area contributed by atoms with Gasteiger partial charge in [0.1, 0.15) is 0 Å². The smallest absolute Gasteiger partial charge is 0.255 e. The highest BCUT2D eigenvalue weighted by Crippen LogP contribution is 2.12. The Morgan fingerprint density at radius 3 is 2.79 bits per heavy atom. The number of nitrogens with zero attached hydrogens (tertiary/aromatic N) is 4. The average Bonchev–Trinajstić information content (AvgIpc) is 2.81. The molecule has 0 spiro atoms. The van der Waals surface area contributed by atoms with Gasteiger partial charge in [0, 0.05) is 44.3 Å². The van der Waals surface area contributed by atoms with Gasteiger partial charge in [-0.15, -0.1) is 0 Å². The van der Waals surface area contributed by atoms with Crippen LogP contribution in [-0.4, -0.2) is 32.1 Å². The quantitative estimate of drug-likeness (QED) is 0.861. The fraction of sp³-hybridized carbons (Fsp3) is 0.308. The molecule has 2 heterocycles. The van der Waals surface area contributed by atoms with Crippen LogP contribution in [0, 0.1) is 0 Å². The van der Waals surface area contributed by atoms with Crippen LogP contribution in [0.25, 0.3) is 0 Å². The lowest BCUT2D eigenvalue weighted by molar-refractivity contribution is 0.0752. The van der Waals surface area contributed by atoms with Crippen LogP contribution >= 0.6 is 11.6 Å². The van der Waals surface area contributed by atoms with E-state index in [0.717, 1.165) is 5.56 Å². The topological polar surface area (TPSA) is 51.0 Å². The van der Waals surface area contributed by atoms with E-state index in [2.05, 4.69) is 10.1 Å². The highest BCUT2D eigenvalue weighted by Gasteiger charge is 2.15. The first-order chi connectivity index (χ1) is 9.10. The van der Waals surface area contributed by atoms with E-state index in [1.807, 2.05) is 20.2 Å². The van der Waals surface area contributed by atoms with Crippen LogP contribution in [0.15, 0.2) is 30.9 Å². The molecule has 0 N–H and O–H groups in total. The summed E-state index contributed by atoms with van der Waals surface area (Å²) in [5, 5.41) is 4.56. The van der Waals surface area contributed by atoms with Gasteiger partial charge in [-0.1, -0.05) is 11.6 Å². The minimum Gasteiger partial charge on any atom is -0.334 e. The van der Waals surface area contributed by atoms with Gasteiger partial charge in [-0.05, 0) is 13.0 Å². The molecule has 2 aromatic heterocycles. The van der Waals surface area contributed by atoms with Crippen LogP contribution in [0.1, 0.15) is 22.8 Å². The normalized spacial score (nSPS) is 10.5. The molecule has 1 amide bonds. The number of halogens is 1. The molecule has 5 nitrogen and oxygen atoms in total. The van der Waals surface area contributed by atoms with Crippen molar-refractivity contribution >= 4 is 17.5 Å². The van der Waals surface area contributed by atoms with Gasteiger partial charge in [0.05, 0.1) is 16.8 Å². The number of carbonyl (C=O) groups is 1. The van der Waals surface area contributed by atoms with E-state index >= 15 is 0 Å². The monoisotopic (exact) mass is 278 g/mol. The van der Waals surface area contributed by atoms with E-state index in [1.54, 1.807) is 21.8 Å². The third-order valence-electron chi connectivity index (χ3n) is 2.75. The lowest BCUT2D eigenvalue weighted by atomic mass is 10.2. The van der Waals surface area contributed by atoms with Crippen molar-refractivity contribution in [1.29, 1.82) is 0 Å². The van der Waals surface area contributed by atoms with E-state index in [4.69, 9.17) is 11.6 Å². The summed E-state index contributed by atoms with van der Waals surface area (Å²) in [6.07, 6.45) is 6.69. The Bertz CT molecular complexity index is 582. The van der Waals surface area contributed by atoms with Gasteiger partial charge in [-0.25, -0.2) is 0 Å². The number of amides is 1. The molecule has 0 atom stereocenters. The van der Waals surface area contributed by atoms with Crippen LogP contribution in [0.5, 0.6) is 0 Å². The molecular formula is C13H15ClN4O. The molecule has 0 saturated heterocycles. The summed E-state index contributed by atoms with van der Waals surface area (Å²) >= 11 is 5.85. The molecule has 0 unspecified atom stereocenters. The van der Waals surface area contributed by atoms with E-state index in [-0.39, 0.29) is 5.91 Å². The lowest BCUT2D eigenvalue weighted by Gasteiger charge is -2.20. The fourth-order valence-corrected chi connectivity index (χ4v) is 1.99. The summed E-state index contributed by atoms with van der Waals surface area (Å²) in [4.78, 5) is 18.0. The van der Waals surface area contributed by atoms with E-state index in [1.165, 1.54) is 12.4 Å². The Kier molecular flexibility index (Phi) is 4.16. The van der Waals surface area contributed by atoms with Crippen LogP contribution < -0.4 is 0 Å². The third kappa shape index (κ3) is 3.32. The largest absolute Gasteiger partial charge is 0.334 e. The molecule has 0 saturated carbocycles. The molecule has 0 radical (unpaired) electrons. The Hall–Kier alpha value is -1.88. The number of hydrogen-bond acceptors (Lipinski definition) is 3. The second-order valence-electron chi connectivity index (χ2n) is 4.23. The maximum absolute atomic E-state index is 12.3. The van der Waals surface area contributed by atoms with Crippen molar-refractivity contribution in [3.63, 3.8) is 0 Å². The van der Waals surface area contributed by atoms with Crippen molar-refractivity contribution in [2.45, 2.75) is 13.5 Å². The number of aromatic nitrogens is 3. The molecule has 0 bridgehead atoms. The summed E-state index contributed by atoms with van der Waals surface area (Å²) < 4.78 is 1.72. The van der Waals surface area contributed by atoms with Gasteiger partial charge >= 0.3 is 0 Å². The zero-order valence-electron chi connectivity index (χ0n) is 10.9. The van der Waals surface area contributed by atoms with Crippen LogP contribution in [-0.2, 0) is 13.6 Å². The standard InChI is InChI=1S/C13H15ClN4O/c1-3-18(9-10-5-16-17(2)8-10)13(19)11-4-12(14)7-15-6-11/h4-8H,3,9H2,1-2H3. The maximum Gasteiger partial charge on any atom is 0.255 e. The molecule has 0 aliphatic carbocycles. The van der Waals surface area contributed by atoms with Crippen molar-refractivity contribution in [3.8, 4) is 0 Å². The minimum absolute atomic E-state index is 0.0821. The van der Waals surface area contributed by atoms with Gasteiger partial charge in [-0.3, -0.25) is 14.5 Å². The molecule has 6 heteroatoms. The number of hydrogen-bond donors (Lipinski definition) is 0. The maximum atomic E-state index is 12.3. The molecule has 0 fully saturated rings. The number of pyridine rings is 1. The van der Waals surface area contributed by atoms with Crippen molar-refractivity contribution in [3.05, 3.63) is 47.0 Å². The molecular weight excluding hydrogens is 264 g/mol. The van der Waals surface area contributed by atoms with Gasteiger partial charge in [0.25, 0.3) is 5.91 Å². The minimum atomic E-state index is -0.0821. The van der Waals surface area contributed by atoms with Crippen LogP contribution in [0.3, 0.4) is 0 Å². The van der Waals surface area contributed by atoms with Crippen LogP contribution in [0.4, 0.5) is 0 Å². The predicted octanol–water partition coefficient (Wildman–Crippen LogP) is 2.13. The Morgan fingerprint density at radius 1 is 1.42 bits per heavy atom. The van der Waals surface area contributed by atoms with Crippen molar-refractivity contribution in [1.82, 2.24) is 19.7 Å². The summed E-state index contributed by atoms with van der Waals surface area (Å²) in [6.45, 7) is 3.07. The van der Waals surface area contributed by atoms with E-state index in [0.29, 0.717) is 23.7 Å². The van der Waals surface area contributed by atoms with Gasteiger partial charge in [0.2, 0.25) is 0 Å². The first-order valence-corrected chi connectivity index (χ1v) is 6.35. The van der Waals surface area contributed by atoms with Crippen molar-refractivity contribution < 1.29 is 4.79 Å². The van der Waals surface area contributed by atoms with Gasteiger partial charge in [0.15, 0.2) is 0 Å². The predicted molar refractivity (Wildman–Crippen MR) is 72.9 cm³/mol. The van der Waals surface area contributed by atoms with E-state index < -0.39 is 0 Å². The van der Waals surface area contributed by atoms with Crippen molar-refractivity contribution in [2.75, 3.05) is 6.54 Å². The lowest BCUT2D eigenvalue weighted by Crippen LogP contribution is -2.30. The second kappa shape index (κ2) is 5.84. The van der Waals surface area contributed by atoms with Gasteiger partial charge in [-0.2, -0.15) is 5.10 Å². The number of carbonyl (C=O) groups excluding carboxylic acids is 1. The Labute approximate surface area is 116 Å². The number of rotatable bonds is 4.